The highest BCUT2D eigenvalue weighted by Crippen LogP contribution is 2.39. The SMILES string of the molecule is CC[C@@H]1OC(=O)[C@H](C)C(=O)[C@H](C)[C@@H](O[C@@H]2O[C@H](C)C[C@H](N(C)C)[C@H]2O)[C@@]2(C)C[C@@H](C)C(=NC(C)=O)C[C@H](OC/C(=N/OC/C=C/c3cnc4ccccc4c3)CO2)[C@]1(C)O. The van der Waals surface area contributed by atoms with Crippen LogP contribution in [0.25, 0.3) is 17.0 Å². The molecule has 5 rings (SSSR count). The lowest BCUT2D eigenvalue weighted by molar-refractivity contribution is -0.296. The smallest absolute Gasteiger partial charge is 0.316 e. The van der Waals surface area contributed by atoms with Gasteiger partial charge in [0.15, 0.2) is 12.1 Å². The second-order valence-electron chi connectivity index (χ2n) is 17.3. The van der Waals surface area contributed by atoms with Crippen molar-refractivity contribution in [1.82, 2.24) is 9.88 Å². The van der Waals surface area contributed by atoms with Crippen molar-refractivity contribution in [2.75, 3.05) is 33.9 Å². The number of Topliss-reactive ketones (excluding diaryl/α,β-unsaturated/α-hetero) is 1. The molecular formula is C45H64N4O11. The number of pyridine rings is 1. The summed E-state index contributed by atoms with van der Waals surface area (Å²) in [5.41, 5.74) is -0.704. The van der Waals surface area contributed by atoms with Gasteiger partial charge in [-0.25, -0.2) is 4.99 Å². The number of aliphatic hydroxyl groups excluding tert-OH is 1. The van der Waals surface area contributed by atoms with Crippen LogP contribution in [0.4, 0.5) is 0 Å². The van der Waals surface area contributed by atoms with E-state index in [0.717, 1.165) is 16.5 Å². The summed E-state index contributed by atoms with van der Waals surface area (Å²) in [5, 5.41) is 29.3. The van der Waals surface area contributed by atoms with Gasteiger partial charge in [-0.1, -0.05) is 50.2 Å². The van der Waals surface area contributed by atoms with Crippen LogP contribution >= 0.6 is 0 Å². The number of carbonyl (C=O) groups is 3. The standard InChI is InChI=1S/C45H64N4O11/c1-11-37-45(8,54)38-21-35(47-30(6)50)26(2)22-44(7,56-25-33(24-55-38)48-57-18-14-15-31-20-32-16-12-13-17-34(32)46-23-31)41(28(4)39(51)29(5)42(53)59-37)60-43-40(52)36(49(9)10)19-27(3)58-43/h12-17,20,23,26-29,36-38,40-41,43,52,54H,11,18-19,21-22,24-25H2,1-10H3/b15-14+,47-35?,48-33-/t26-,27-,28+,29-,36+,37+,38+,40-,41-,43+,44-,45-/m1/s1. The Bertz CT molecular complexity index is 1920. The van der Waals surface area contributed by atoms with Crippen LogP contribution in [0, 0.1) is 17.8 Å². The number of hydrogen-bond donors (Lipinski definition) is 2. The Hall–Kier alpha value is -3.96. The van der Waals surface area contributed by atoms with Crippen LogP contribution in [0.15, 0.2) is 52.8 Å². The Morgan fingerprint density at radius 1 is 1.12 bits per heavy atom. The lowest BCUT2D eigenvalue weighted by Gasteiger charge is -2.47. The predicted octanol–water partition coefficient (Wildman–Crippen LogP) is 4.94. The number of amides is 1. The molecule has 1 amide bonds. The summed E-state index contributed by atoms with van der Waals surface area (Å²) < 4.78 is 32.2. The number of ketones is 1. The fourth-order valence-electron chi connectivity index (χ4n) is 8.56. The Labute approximate surface area is 353 Å². The Morgan fingerprint density at radius 3 is 2.55 bits per heavy atom. The molecule has 0 saturated carbocycles. The number of cyclic esters (lactones) is 1. The van der Waals surface area contributed by atoms with E-state index < -0.39 is 77.3 Å². The summed E-state index contributed by atoms with van der Waals surface area (Å²) in [6, 6.07) is 9.54. The van der Waals surface area contributed by atoms with Crippen molar-refractivity contribution in [2.45, 2.75) is 135 Å². The number of benzene rings is 1. The maximum absolute atomic E-state index is 14.5. The van der Waals surface area contributed by atoms with Crippen LogP contribution in [0.1, 0.15) is 86.6 Å². The molecule has 15 nitrogen and oxygen atoms in total. The number of likely N-dealkylation sites (N-methyl/N-ethyl adjacent to an activating group) is 1. The average Bonchev–Trinajstić information content (AvgIpc) is 3.22. The fraction of sp³-hybridized carbons (Fsp3) is 0.644. The van der Waals surface area contributed by atoms with Crippen molar-refractivity contribution in [1.29, 1.82) is 0 Å². The topological polar surface area (TPSA) is 188 Å². The summed E-state index contributed by atoms with van der Waals surface area (Å²) in [6.07, 6.45) is 0.444. The number of carbonyl (C=O) groups excluding carboxylic acids is 3. The number of para-hydroxylation sites is 1. The first kappa shape index (κ1) is 47.1. The molecule has 3 aliphatic rings. The molecule has 15 heteroatoms. The van der Waals surface area contributed by atoms with E-state index in [4.69, 9.17) is 28.5 Å². The number of oxime groups is 1. The molecule has 12 atom stereocenters. The monoisotopic (exact) mass is 836 g/mol. The van der Waals surface area contributed by atoms with Crippen LogP contribution < -0.4 is 0 Å². The number of aromatic nitrogens is 1. The molecule has 2 N–H and O–H groups in total. The summed E-state index contributed by atoms with van der Waals surface area (Å²) in [4.78, 5) is 57.6. The highest BCUT2D eigenvalue weighted by molar-refractivity contribution is 6.00. The van der Waals surface area contributed by atoms with Crippen molar-refractivity contribution < 1.29 is 53.1 Å². The summed E-state index contributed by atoms with van der Waals surface area (Å²) in [5.74, 6) is -4.54. The second-order valence-corrected chi connectivity index (χ2v) is 17.3. The summed E-state index contributed by atoms with van der Waals surface area (Å²) >= 11 is 0. The third-order valence-corrected chi connectivity index (χ3v) is 12.1. The molecule has 0 unspecified atom stereocenters. The minimum absolute atomic E-state index is 0.0173. The first-order chi connectivity index (χ1) is 28.3. The first-order valence-electron chi connectivity index (χ1n) is 21.0. The van der Waals surface area contributed by atoms with Gasteiger partial charge in [-0.05, 0) is 90.7 Å². The molecule has 1 aromatic carbocycles. The first-order valence-corrected chi connectivity index (χ1v) is 21.0. The number of nitrogens with zero attached hydrogens (tertiary/aromatic N) is 4. The maximum Gasteiger partial charge on any atom is 0.316 e. The molecule has 330 valence electrons. The lowest BCUT2D eigenvalue weighted by Crippen LogP contribution is -2.59. The van der Waals surface area contributed by atoms with E-state index in [9.17, 15) is 24.6 Å². The summed E-state index contributed by atoms with van der Waals surface area (Å²) in [6.45, 7) is 13.0. The van der Waals surface area contributed by atoms with Gasteiger partial charge in [-0.2, -0.15) is 0 Å². The van der Waals surface area contributed by atoms with Crippen LogP contribution in [-0.2, 0) is 42.9 Å². The molecule has 0 radical (unpaired) electrons. The zero-order valence-electron chi connectivity index (χ0n) is 36.7. The van der Waals surface area contributed by atoms with Gasteiger partial charge in [0.25, 0.3) is 0 Å². The molecular weight excluding hydrogens is 773 g/mol. The van der Waals surface area contributed by atoms with Crippen LogP contribution in [0.2, 0.25) is 0 Å². The maximum atomic E-state index is 14.5. The molecule has 0 aliphatic carbocycles. The number of hydrogen-bond acceptors (Lipinski definition) is 14. The van der Waals surface area contributed by atoms with E-state index in [0.29, 0.717) is 17.8 Å². The van der Waals surface area contributed by atoms with Gasteiger partial charge in [0.05, 0.1) is 42.6 Å². The molecule has 1 aromatic heterocycles. The largest absolute Gasteiger partial charge is 0.459 e. The Morgan fingerprint density at radius 2 is 1.85 bits per heavy atom. The van der Waals surface area contributed by atoms with Crippen LogP contribution in [-0.4, -0.2) is 137 Å². The third kappa shape index (κ3) is 11.3. The van der Waals surface area contributed by atoms with Gasteiger partial charge in [-0.3, -0.25) is 19.4 Å². The third-order valence-electron chi connectivity index (χ3n) is 12.1. The Kier molecular flexibility index (Phi) is 15.9. The van der Waals surface area contributed by atoms with E-state index in [1.165, 1.54) is 20.8 Å². The Balaban J connectivity index is 1.58. The van der Waals surface area contributed by atoms with Gasteiger partial charge in [0, 0.05) is 42.6 Å². The zero-order chi connectivity index (χ0) is 43.9. The second kappa shape index (κ2) is 20.3. The van der Waals surface area contributed by atoms with Gasteiger partial charge in [-0.15, -0.1) is 0 Å². The van der Waals surface area contributed by atoms with E-state index in [1.54, 1.807) is 33.0 Å². The number of aliphatic hydroxyl groups is 2. The van der Waals surface area contributed by atoms with Crippen molar-refractivity contribution in [2.24, 2.45) is 27.9 Å². The van der Waals surface area contributed by atoms with Gasteiger partial charge >= 0.3 is 5.97 Å². The molecule has 2 bridgehead atoms. The van der Waals surface area contributed by atoms with Crippen LogP contribution in [0.5, 0.6) is 0 Å². The average molecular weight is 837 g/mol. The van der Waals surface area contributed by atoms with Crippen LogP contribution in [0.3, 0.4) is 0 Å². The molecule has 3 fully saturated rings. The number of ether oxygens (including phenoxy) is 5. The molecule has 2 aromatic rings. The van der Waals surface area contributed by atoms with Gasteiger partial charge in [0.2, 0.25) is 5.91 Å². The van der Waals surface area contributed by atoms with Crippen molar-refractivity contribution in [3.8, 4) is 0 Å². The van der Waals surface area contributed by atoms with E-state index >= 15 is 0 Å². The fourth-order valence-corrected chi connectivity index (χ4v) is 8.56. The molecule has 3 aliphatic heterocycles. The number of fused-ring (bicyclic) bond motifs is 6. The number of aliphatic imine (C=N–C) groups is 1. The highest BCUT2D eigenvalue weighted by atomic mass is 16.7. The quantitative estimate of drug-likeness (QED) is 0.158. The zero-order valence-corrected chi connectivity index (χ0v) is 36.7. The molecule has 0 spiro atoms. The normalized spacial score (nSPS) is 36.5. The highest BCUT2D eigenvalue weighted by Gasteiger charge is 2.51. The van der Waals surface area contributed by atoms with Gasteiger partial charge in [0.1, 0.15) is 36.0 Å². The van der Waals surface area contributed by atoms with Crippen molar-refractivity contribution in [3.05, 3.63) is 48.2 Å². The van der Waals surface area contributed by atoms with Crippen molar-refractivity contribution in [3.63, 3.8) is 0 Å². The van der Waals surface area contributed by atoms with Gasteiger partial charge < -0.3 is 43.6 Å². The molecule has 60 heavy (non-hydrogen) atoms. The predicted molar refractivity (Wildman–Crippen MR) is 226 cm³/mol. The molecule has 4 heterocycles. The minimum atomic E-state index is -1.82. The van der Waals surface area contributed by atoms with E-state index in [2.05, 4.69) is 15.1 Å². The molecule has 3 saturated heterocycles. The summed E-state index contributed by atoms with van der Waals surface area (Å²) in [7, 11) is 3.73. The van der Waals surface area contributed by atoms with E-state index in [-0.39, 0.29) is 51.2 Å². The number of rotatable bonds is 8. The number of esters is 1. The lowest BCUT2D eigenvalue weighted by atomic mass is 9.76. The van der Waals surface area contributed by atoms with E-state index in [1.807, 2.05) is 69.3 Å². The minimum Gasteiger partial charge on any atom is -0.459 e. The van der Waals surface area contributed by atoms with Crippen molar-refractivity contribution >= 4 is 46.1 Å².